The molecule has 3 aromatic carbocycles. The molecule has 0 aliphatic carbocycles. The monoisotopic (exact) mass is 384 g/mol. The van der Waals surface area contributed by atoms with E-state index >= 15 is 0 Å². The Morgan fingerprint density at radius 1 is 0.862 bits per heavy atom. The zero-order valence-corrected chi connectivity index (χ0v) is 16.3. The fourth-order valence-corrected chi connectivity index (χ4v) is 3.49. The van der Waals surface area contributed by atoms with Crippen LogP contribution in [-0.2, 0) is 4.79 Å². The van der Waals surface area contributed by atoms with E-state index in [1.54, 1.807) is 0 Å². The number of nitrogens with one attached hydrogen (secondary N) is 2. The van der Waals surface area contributed by atoms with Gasteiger partial charge in [0.2, 0.25) is 5.91 Å². The van der Waals surface area contributed by atoms with Gasteiger partial charge in [-0.05, 0) is 30.2 Å². The predicted octanol–water partition coefficient (Wildman–Crippen LogP) is 4.99. The first kappa shape index (κ1) is 19.0. The highest BCUT2D eigenvalue weighted by Crippen LogP contribution is 2.24. The molecule has 0 fully saturated rings. The number of carbonyl (C=O) groups excluding carboxylic acids is 1. The van der Waals surface area contributed by atoms with Gasteiger partial charge in [-0.25, -0.2) is 0 Å². The molecule has 1 amide bonds. The third kappa shape index (κ3) is 4.55. The lowest BCUT2D eigenvalue weighted by molar-refractivity contribution is -0.121. The number of furan rings is 1. The van der Waals surface area contributed by atoms with Crippen LogP contribution in [0, 0.1) is 0 Å². The maximum absolute atomic E-state index is 12.6. The lowest BCUT2D eigenvalue weighted by atomic mass is 9.99. The Labute approximate surface area is 170 Å². The number of carbonyl (C=O) groups is 1. The van der Waals surface area contributed by atoms with Crippen molar-refractivity contribution in [3.63, 3.8) is 0 Å². The van der Waals surface area contributed by atoms with Crippen LogP contribution in [0.25, 0.3) is 11.0 Å². The lowest BCUT2D eigenvalue weighted by Gasteiger charge is -2.20. The summed E-state index contributed by atoms with van der Waals surface area (Å²) >= 11 is 0. The maximum atomic E-state index is 12.6. The van der Waals surface area contributed by atoms with Gasteiger partial charge >= 0.3 is 0 Å². The van der Waals surface area contributed by atoms with E-state index < -0.39 is 0 Å². The molecule has 0 saturated carbocycles. The number of fused-ring (bicyclic) bond motifs is 1. The van der Waals surface area contributed by atoms with E-state index in [4.69, 9.17) is 4.42 Å². The van der Waals surface area contributed by atoms with Crippen molar-refractivity contribution in [2.75, 3.05) is 6.54 Å². The predicted molar refractivity (Wildman–Crippen MR) is 116 cm³/mol. The molecule has 0 aliphatic rings. The van der Waals surface area contributed by atoms with Gasteiger partial charge in [0.15, 0.2) is 0 Å². The summed E-state index contributed by atoms with van der Waals surface area (Å²) < 4.78 is 5.86. The number of benzene rings is 3. The first-order valence-electron chi connectivity index (χ1n) is 9.82. The molecule has 29 heavy (non-hydrogen) atoms. The number of rotatable bonds is 7. The summed E-state index contributed by atoms with van der Waals surface area (Å²) in [5, 5.41) is 7.45. The number of hydrogen-bond acceptors (Lipinski definition) is 3. The molecule has 4 heteroatoms. The van der Waals surface area contributed by atoms with Crippen molar-refractivity contribution in [1.82, 2.24) is 10.6 Å². The highest BCUT2D eigenvalue weighted by Gasteiger charge is 2.17. The molecule has 0 aliphatic heterocycles. The normalized spacial score (nSPS) is 12.2. The van der Waals surface area contributed by atoms with E-state index in [0.29, 0.717) is 0 Å². The lowest BCUT2D eigenvalue weighted by Crippen LogP contribution is -2.37. The van der Waals surface area contributed by atoms with Crippen molar-refractivity contribution in [1.29, 1.82) is 0 Å². The molecule has 4 aromatic rings. The molecule has 4 rings (SSSR count). The number of amides is 1. The average Bonchev–Trinajstić information content (AvgIpc) is 3.20. The van der Waals surface area contributed by atoms with Crippen LogP contribution >= 0.6 is 0 Å². The summed E-state index contributed by atoms with van der Waals surface area (Å²) in [6.45, 7) is 2.14. The molecule has 0 unspecified atom stereocenters. The van der Waals surface area contributed by atoms with Crippen LogP contribution in [0.1, 0.15) is 35.9 Å². The first-order valence-corrected chi connectivity index (χ1v) is 9.82. The fourth-order valence-electron chi connectivity index (χ4n) is 3.49. The average molecular weight is 384 g/mol. The molecular formula is C25H24N2O2. The second kappa shape index (κ2) is 8.76. The summed E-state index contributed by atoms with van der Waals surface area (Å²) in [5.41, 5.74) is 3.07. The highest BCUT2D eigenvalue weighted by atomic mass is 16.3. The van der Waals surface area contributed by atoms with Gasteiger partial charge in [0, 0.05) is 5.39 Å². The standard InChI is InChI=1S/C25H24N2O2/c1-18(23-16-21-14-8-9-15-22(21)29-23)27-24(28)17-26-25(19-10-4-2-5-11-19)20-12-6-3-7-13-20/h2-16,18,25-26H,17H2,1H3,(H,27,28)/t18-/m1/s1. The van der Waals surface area contributed by atoms with E-state index in [0.717, 1.165) is 27.9 Å². The topological polar surface area (TPSA) is 54.3 Å². The van der Waals surface area contributed by atoms with Crippen LogP contribution in [-0.4, -0.2) is 12.5 Å². The van der Waals surface area contributed by atoms with E-state index in [1.807, 2.05) is 73.7 Å². The summed E-state index contributed by atoms with van der Waals surface area (Å²) in [7, 11) is 0. The molecule has 2 N–H and O–H groups in total. The smallest absolute Gasteiger partial charge is 0.234 e. The molecular weight excluding hydrogens is 360 g/mol. The maximum Gasteiger partial charge on any atom is 0.234 e. The molecule has 146 valence electrons. The Kier molecular flexibility index (Phi) is 5.73. The Morgan fingerprint density at radius 3 is 2.07 bits per heavy atom. The summed E-state index contributed by atoms with van der Waals surface area (Å²) in [6, 6.07) is 29.9. The molecule has 0 bridgehead atoms. The highest BCUT2D eigenvalue weighted by molar-refractivity contribution is 5.80. The van der Waals surface area contributed by atoms with Crippen LogP contribution in [0.4, 0.5) is 0 Å². The SMILES string of the molecule is C[C@@H](NC(=O)CNC(c1ccccc1)c1ccccc1)c1cc2ccccc2o1. The van der Waals surface area contributed by atoms with Crippen LogP contribution in [0.15, 0.2) is 95.4 Å². The Morgan fingerprint density at radius 2 is 1.45 bits per heavy atom. The van der Waals surface area contributed by atoms with E-state index in [-0.39, 0.29) is 24.5 Å². The summed E-state index contributed by atoms with van der Waals surface area (Å²) in [4.78, 5) is 12.6. The molecule has 1 aromatic heterocycles. The third-order valence-corrected chi connectivity index (χ3v) is 4.98. The zero-order valence-electron chi connectivity index (χ0n) is 16.3. The second-order valence-electron chi connectivity index (χ2n) is 7.11. The largest absolute Gasteiger partial charge is 0.459 e. The fraction of sp³-hybridized carbons (Fsp3) is 0.160. The van der Waals surface area contributed by atoms with Gasteiger partial charge in [-0.15, -0.1) is 0 Å². The van der Waals surface area contributed by atoms with Crippen molar-refractivity contribution in [3.05, 3.63) is 108 Å². The van der Waals surface area contributed by atoms with Gasteiger partial charge in [0.05, 0.1) is 18.6 Å². The van der Waals surface area contributed by atoms with Gasteiger partial charge in [0.1, 0.15) is 11.3 Å². The minimum atomic E-state index is -0.205. The van der Waals surface area contributed by atoms with E-state index in [1.165, 1.54) is 0 Å². The number of para-hydroxylation sites is 1. The van der Waals surface area contributed by atoms with Gasteiger partial charge in [0.25, 0.3) is 0 Å². The minimum Gasteiger partial charge on any atom is -0.459 e. The van der Waals surface area contributed by atoms with Crippen molar-refractivity contribution in [2.24, 2.45) is 0 Å². The number of hydrogen-bond donors (Lipinski definition) is 2. The molecule has 0 saturated heterocycles. The van der Waals surface area contributed by atoms with Crippen LogP contribution in [0.3, 0.4) is 0 Å². The van der Waals surface area contributed by atoms with Crippen LogP contribution in [0.5, 0.6) is 0 Å². The van der Waals surface area contributed by atoms with Crippen molar-refractivity contribution in [2.45, 2.75) is 19.0 Å². The van der Waals surface area contributed by atoms with Crippen LogP contribution < -0.4 is 10.6 Å². The minimum absolute atomic E-state index is 0.0512. The van der Waals surface area contributed by atoms with Gasteiger partial charge < -0.3 is 9.73 Å². The molecule has 1 heterocycles. The molecule has 0 spiro atoms. The molecule has 0 radical (unpaired) electrons. The first-order chi connectivity index (χ1) is 14.2. The van der Waals surface area contributed by atoms with E-state index in [2.05, 4.69) is 34.9 Å². The Balaban J connectivity index is 1.42. The van der Waals surface area contributed by atoms with Crippen molar-refractivity contribution in [3.8, 4) is 0 Å². The quantitative estimate of drug-likeness (QED) is 0.472. The molecule has 4 nitrogen and oxygen atoms in total. The van der Waals surface area contributed by atoms with Crippen molar-refractivity contribution >= 4 is 16.9 Å². The second-order valence-corrected chi connectivity index (χ2v) is 7.11. The van der Waals surface area contributed by atoms with Gasteiger partial charge in [-0.1, -0.05) is 78.9 Å². The van der Waals surface area contributed by atoms with Crippen molar-refractivity contribution < 1.29 is 9.21 Å². The Bertz CT molecular complexity index is 1000. The summed E-state index contributed by atoms with van der Waals surface area (Å²) in [6.07, 6.45) is 0. The summed E-state index contributed by atoms with van der Waals surface area (Å²) in [5.74, 6) is 0.678. The van der Waals surface area contributed by atoms with Gasteiger partial charge in [-0.2, -0.15) is 0 Å². The third-order valence-electron chi connectivity index (χ3n) is 4.98. The van der Waals surface area contributed by atoms with Gasteiger partial charge in [-0.3, -0.25) is 10.1 Å². The molecule has 1 atom stereocenters. The zero-order chi connectivity index (χ0) is 20.1. The Hall–Kier alpha value is -3.37. The van der Waals surface area contributed by atoms with Crippen LogP contribution in [0.2, 0.25) is 0 Å². The van der Waals surface area contributed by atoms with E-state index in [9.17, 15) is 4.79 Å².